The van der Waals surface area contributed by atoms with E-state index in [1.807, 2.05) is 0 Å². The molecule has 1 heterocycles. The van der Waals surface area contributed by atoms with Crippen molar-refractivity contribution >= 4 is 5.91 Å². The first-order valence-electron chi connectivity index (χ1n) is 5.65. The lowest BCUT2D eigenvalue weighted by molar-refractivity contribution is -0.140. The molecule has 2 aliphatic carbocycles. The Kier molecular flexibility index (Phi) is 2.08. The smallest absolute Gasteiger partial charge is 0.340 e. The highest BCUT2D eigenvalue weighted by atomic mass is 16.2. The second-order valence-corrected chi connectivity index (χ2v) is 4.69. The summed E-state index contributed by atoms with van der Waals surface area (Å²) in [4.78, 5) is 25.0. The number of nitrogens with zero attached hydrogens (tertiary/aromatic N) is 1. The predicted octanol–water partition coefficient (Wildman–Crippen LogP) is -0.240. The molecule has 6 heteroatoms. The minimum atomic E-state index is -0.341. The number of hydrogen-bond donors (Lipinski definition) is 3. The van der Waals surface area contributed by atoms with E-state index in [0.29, 0.717) is 18.3 Å². The van der Waals surface area contributed by atoms with Crippen LogP contribution in [0.15, 0.2) is 4.79 Å². The van der Waals surface area contributed by atoms with Gasteiger partial charge in [0.15, 0.2) is 0 Å². The molecule has 0 saturated heterocycles. The second-order valence-electron chi connectivity index (χ2n) is 4.69. The highest BCUT2D eigenvalue weighted by Gasteiger charge is 2.50. The number of aromatic amines is 2. The molecule has 0 radical (unpaired) electrons. The van der Waals surface area contributed by atoms with Gasteiger partial charge in [0, 0.05) is 5.92 Å². The monoisotopic (exact) mass is 222 g/mol. The van der Waals surface area contributed by atoms with E-state index < -0.39 is 0 Å². The van der Waals surface area contributed by atoms with Crippen molar-refractivity contribution in [2.45, 2.75) is 25.8 Å². The Morgan fingerprint density at radius 1 is 1.50 bits per heavy atom. The fourth-order valence-electron chi connectivity index (χ4n) is 2.71. The topological polar surface area (TPSA) is 90.6 Å². The molecule has 1 aromatic heterocycles. The molecule has 3 N–H and O–H groups in total. The maximum Gasteiger partial charge on any atom is 0.340 e. The molecule has 0 aromatic carbocycles. The Morgan fingerprint density at radius 3 is 2.88 bits per heavy atom. The maximum absolute atomic E-state index is 11.8. The first kappa shape index (κ1) is 9.62. The predicted molar refractivity (Wildman–Crippen MR) is 55.4 cm³/mol. The lowest BCUT2D eigenvalue weighted by Crippen LogP contribution is -2.51. The van der Waals surface area contributed by atoms with Crippen molar-refractivity contribution in [3.63, 3.8) is 0 Å². The molecule has 2 aliphatic rings. The number of amides is 1. The average Bonchev–Trinajstić information content (AvgIpc) is 2.65. The molecule has 1 unspecified atom stereocenters. The number of nitrogens with one attached hydrogen (secondary N) is 3. The average molecular weight is 222 g/mol. The Balaban J connectivity index is 1.51. The number of carbonyl (C=O) groups is 1. The van der Waals surface area contributed by atoms with E-state index in [1.165, 1.54) is 12.8 Å². The fourth-order valence-corrected chi connectivity index (χ4v) is 2.71. The summed E-state index contributed by atoms with van der Waals surface area (Å²) in [6.45, 7) is 0.297. The molecule has 0 bridgehead atoms. The summed E-state index contributed by atoms with van der Waals surface area (Å²) in [6, 6.07) is 0. The first-order chi connectivity index (χ1) is 7.74. The summed E-state index contributed by atoms with van der Waals surface area (Å²) in [6.07, 6.45) is 3.52. The number of aromatic nitrogens is 3. The Hall–Kier alpha value is -1.59. The van der Waals surface area contributed by atoms with Gasteiger partial charge in [-0.05, 0) is 31.1 Å². The molecule has 2 saturated carbocycles. The zero-order valence-corrected chi connectivity index (χ0v) is 8.82. The van der Waals surface area contributed by atoms with Gasteiger partial charge >= 0.3 is 5.69 Å². The van der Waals surface area contributed by atoms with Crippen molar-refractivity contribution in [2.24, 2.45) is 17.8 Å². The third-order valence-electron chi connectivity index (χ3n) is 3.87. The van der Waals surface area contributed by atoms with Gasteiger partial charge in [-0.2, -0.15) is 5.10 Å². The highest BCUT2D eigenvalue weighted by molar-refractivity contribution is 5.80. The van der Waals surface area contributed by atoms with Crippen LogP contribution in [0, 0.1) is 17.8 Å². The van der Waals surface area contributed by atoms with Gasteiger partial charge in [-0.25, -0.2) is 9.89 Å². The van der Waals surface area contributed by atoms with Crippen LogP contribution in [0.2, 0.25) is 0 Å². The van der Waals surface area contributed by atoms with E-state index in [0.717, 1.165) is 12.3 Å². The zero-order valence-electron chi connectivity index (χ0n) is 8.82. The van der Waals surface area contributed by atoms with Crippen LogP contribution in [0.25, 0.3) is 0 Å². The van der Waals surface area contributed by atoms with E-state index in [9.17, 15) is 9.59 Å². The Morgan fingerprint density at radius 2 is 2.38 bits per heavy atom. The van der Waals surface area contributed by atoms with Gasteiger partial charge in [0.2, 0.25) is 5.91 Å². The van der Waals surface area contributed by atoms with Crippen molar-refractivity contribution in [2.75, 3.05) is 0 Å². The lowest BCUT2D eigenvalue weighted by atomic mass is 9.53. The minimum absolute atomic E-state index is 0.102. The summed E-state index contributed by atoms with van der Waals surface area (Å²) in [5, 5.41) is 8.80. The molecular weight excluding hydrogens is 208 g/mol. The van der Waals surface area contributed by atoms with Gasteiger partial charge in [-0.15, -0.1) is 0 Å². The van der Waals surface area contributed by atoms with Crippen LogP contribution in [-0.4, -0.2) is 21.1 Å². The SMILES string of the molecule is O=C(NCc1n[nH]c(=O)[nH]1)C1C[C@@H]2CC[C@H]12. The summed E-state index contributed by atoms with van der Waals surface area (Å²) < 4.78 is 0. The van der Waals surface area contributed by atoms with Crippen molar-refractivity contribution < 1.29 is 4.79 Å². The number of fused-ring (bicyclic) bond motifs is 1. The summed E-state index contributed by atoms with van der Waals surface area (Å²) >= 11 is 0. The van der Waals surface area contributed by atoms with Crippen LogP contribution in [0.5, 0.6) is 0 Å². The van der Waals surface area contributed by atoms with Crippen molar-refractivity contribution in [3.8, 4) is 0 Å². The number of carbonyl (C=O) groups excluding carboxylic acids is 1. The molecule has 3 atom stereocenters. The fraction of sp³-hybridized carbons (Fsp3) is 0.700. The van der Waals surface area contributed by atoms with Gasteiger partial charge in [0.25, 0.3) is 0 Å². The van der Waals surface area contributed by atoms with E-state index in [4.69, 9.17) is 0 Å². The van der Waals surface area contributed by atoms with Crippen molar-refractivity contribution in [1.29, 1.82) is 0 Å². The molecule has 86 valence electrons. The van der Waals surface area contributed by atoms with Gasteiger partial charge in [0.1, 0.15) is 5.82 Å². The van der Waals surface area contributed by atoms with Gasteiger partial charge < -0.3 is 5.32 Å². The first-order valence-corrected chi connectivity index (χ1v) is 5.65. The molecule has 2 fully saturated rings. The van der Waals surface area contributed by atoms with Crippen LogP contribution >= 0.6 is 0 Å². The summed E-state index contributed by atoms with van der Waals surface area (Å²) in [7, 11) is 0. The minimum Gasteiger partial charge on any atom is -0.349 e. The van der Waals surface area contributed by atoms with Crippen LogP contribution in [0.4, 0.5) is 0 Å². The van der Waals surface area contributed by atoms with E-state index >= 15 is 0 Å². The molecule has 6 nitrogen and oxygen atoms in total. The Bertz CT molecular complexity index is 463. The van der Waals surface area contributed by atoms with Gasteiger partial charge in [-0.1, -0.05) is 0 Å². The molecule has 1 amide bonds. The molecule has 0 spiro atoms. The molecule has 0 aliphatic heterocycles. The lowest BCUT2D eigenvalue weighted by Gasteiger charge is -2.52. The van der Waals surface area contributed by atoms with Crippen molar-refractivity contribution in [3.05, 3.63) is 16.3 Å². The molecule has 1 aromatic rings. The second kappa shape index (κ2) is 3.47. The highest BCUT2D eigenvalue weighted by Crippen LogP contribution is 2.54. The standard InChI is InChI=1S/C10H14N4O2/c15-9(7-3-5-1-2-6(5)7)11-4-8-12-10(16)14-13-8/h5-7H,1-4H2,(H,11,15)(H2,12,13,14,16)/t5-,6-,7?/m0/s1. The maximum atomic E-state index is 11.8. The quantitative estimate of drug-likeness (QED) is 0.659. The number of H-pyrrole nitrogens is 2. The van der Waals surface area contributed by atoms with Gasteiger partial charge in [0.05, 0.1) is 6.54 Å². The number of hydrogen-bond acceptors (Lipinski definition) is 3. The van der Waals surface area contributed by atoms with Crippen LogP contribution in [-0.2, 0) is 11.3 Å². The van der Waals surface area contributed by atoms with E-state index in [2.05, 4.69) is 20.5 Å². The summed E-state index contributed by atoms with van der Waals surface area (Å²) in [5.41, 5.74) is -0.341. The molecular formula is C10H14N4O2. The molecule has 3 rings (SSSR count). The van der Waals surface area contributed by atoms with E-state index in [1.54, 1.807) is 0 Å². The van der Waals surface area contributed by atoms with Gasteiger partial charge in [-0.3, -0.25) is 9.78 Å². The molecule has 16 heavy (non-hydrogen) atoms. The third-order valence-corrected chi connectivity index (χ3v) is 3.87. The largest absolute Gasteiger partial charge is 0.349 e. The van der Waals surface area contributed by atoms with Crippen molar-refractivity contribution in [1.82, 2.24) is 20.5 Å². The third kappa shape index (κ3) is 1.45. The van der Waals surface area contributed by atoms with Crippen LogP contribution in [0.1, 0.15) is 25.1 Å². The normalized spacial score (nSPS) is 31.1. The van der Waals surface area contributed by atoms with Crippen LogP contribution < -0.4 is 11.0 Å². The van der Waals surface area contributed by atoms with E-state index in [-0.39, 0.29) is 17.5 Å². The zero-order chi connectivity index (χ0) is 11.1. The number of rotatable bonds is 3. The Labute approximate surface area is 91.8 Å². The summed E-state index contributed by atoms with van der Waals surface area (Å²) in [5.74, 6) is 2.20. The van der Waals surface area contributed by atoms with Crippen LogP contribution in [0.3, 0.4) is 0 Å².